The van der Waals surface area contributed by atoms with Gasteiger partial charge in [-0.1, -0.05) is 24.9 Å². The molecule has 3 fully saturated rings. The van der Waals surface area contributed by atoms with Crippen molar-refractivity contribution in [3.8, 4) is 0 Å². The third-order valence-electron chi connectivity index (χ3n) is 7.60. The highest BCUT2D eigenvalue weighted by molar-refractivity contribution is 6.32. The Bertz CT molecular complexity index is 1180. The Kier molecular flexibility index (Phi) is 3.86. The van der Waals surface area contributed by atoms with Gasteiger partial charge in [-0.3, -0.25) is 9.48 Å². The number of aromatic nitrogens is 3. The van der Waals surface area contributed by atoms with Crippen molar-refractivity contribution in [1.29, 1.82) is 0 Å². The molecule has 1 spiro atoms. The molecule has 0 aliphatic heterocycles. The van der Waals surface area contributed by atoms with Gasteiger partial charge in [-0.15, -0.1) is 0 Å². The number of hydrogen-bond donors (Lipinski definition) is 1. The van der Waals surface area contributed by atoms with E-state index in [1.54, 1.807) is 4.68 Å². The van der Waals surface area contributed by atoms with Crippen LogP contribution in [-0.2, 0) is 11.8 Å². The third kappa shape index (κ3) is 2.86. The highest BCUT2D eigenvalue weighted by atomic mass is 35.5. The molecule has 4 atom stereocenters. The number of carbonyl (C=O) groups is 1. The van der Waals surface area contributed by atoms with E-state index in [0.29, 0.717) is 23.1 Å². The summed E-state index contributed by atoms with van der Waals surface area (Å²) in [4.78, 5) is 17.5. The minimum atomic E-state index is -0.0151. The Morgan fingerprint density at radius 1 is 1.27 bits per heavy atom. The van der Waals surface area contributed by atoms with Gasteiger partial charge in [0.1, 0.15) is 5.82 Å². The van der Waals surface area contributed by atoms with Crippen LogP contribution in [0.1, 0.15) is 55.6 Å². The fourth-order valence-electron chi connectivity index (χ4n) is 5.54. The van der Waals surface area contributed by atoms with Gasteiger partial charge in [0.15, 0.2) is 0 Å². The highest BCUT2D eigenvalue weighted by Crippen LogP contribution is 2.75. The quantitative estimate of drug-likeness (QED) is 0.611. The van der Waals surface area contributed by atoms with Crippen molar-refractivity contribution < 1.29 is 4.79 Å². The molecule has 0 saturated heterocycles. The van der Waals surface area contributed by atoms with E-state index < -0.39 is 0 Å². The number of nitrogens with one attached hydrogen (secondary N) is 1. The lowest BCUT2D eigenvalue weighted by molar-refractivity contribution is -0.117. The molecule has 6 rings (SSSR count). The number of nitrogens with zero attached hydrogens (tertiary/aromatic N) is 3. The summed E-state index contributed by atoms with van der Waals surface area (Å²) >= 11 is 6.57. The van der Waals surface area contributed by atoms with Crippen LogP contribution in [-0.4, -0.2) is 20.7 Å². The average molecular weight is 421 g/mol. The number of rotatable bonds is 5. The molecule has 2 heterocycles. The number of amides is 1. The molecule has 1 aromatic carbocycles. The normalized spacial score (nSPS) is 28.0. The van der Waals surface area contributed by atoms with Crippen molar-refractivity contribution in [2.45, 2.75) is 44.4 Å². The second kappa shape index (κ2) is 6.30. The van der Waals surface area contributed by atoms with Gasteiger partial charge in [0.25, 0.3) is 0 Å². The van der Waals surface area contributed by atoms with E-state index in [0.717, 1.165) is 27.8 Å². The Labute approximate surface area is 180 Å². The van der Waals surface area contributed by atoms with Crippen LogP contribution in [0.4, 0.5) is 5.82 Å². The number of anilines is 1. The summed E-state index contributed by atoms with van der Waals surface area (Å²) in [6, 6.07) is 6.21. The number of carbonyl (C=O) groups excluding carboxylic acids is 1. The maximum absolute atomic E-state index is 13.0. The fraction of sp³-hybridized carbons (Fsp3) is 0.458. The van der Waals surface area contributed by atoms with Crippen molar-refractivity contribution in [1.82, 2.24) is 14.8 Å². The van der Waals surface area contributed by atoms with Gasteiger partial charge in [-0.2, -0.15) is 5.10 Å². The van der Waals surface area contributed by atoms with Crippen LogP contribution >= 0.6 is 11.6 Å². The van der Waals surface area contributed by atoms with Crippen molar-refractivity contribution in [2.75, 3.05) is 5.32 Å². The molecule has 1 amide bonds. The van der Waals surface area contributed by atoms with E-state index in [9.17, 15) is 4.79 Å². The first-order valence-electron chi connectivity index (χ1n) is 10.9. The van der Waals surface area contributed by atoms with E-state index >= 15 is 0 Å². The summed E-state index contributed by atoms with van der Waals surface area (Å²) in [6.45, 7) is 2.14. The van der Waals surface area contributed by atoms with Gasteiger partial charge in [0.05, 0.1) is 6.20 Å². The van der Waals surface area contributed by atoms with E-state index in [-0.39, 0.29) is 17.7 Å². The number of halogens is 1. The van der Waals surface area contributed by atoms with Crippen LogP contribution < -0.4 is 5.32 Å². The lowest BCUT2D eigenvalue weighted by atomic mass is 10.0. The Morgan fingerprint density at radius 2 is 2.10 bits per heavy atom. The molecule has 0 bridgehead atoms. The number of hydrogen-bond acceptors (Lipinski definition) is 3. The molecule has 6 heteroatoms. The molecule has 3 aliphatic rings. The molecule has 154 valence electrons. The lowest BCUT2D eigenvalue weighted by Crippen LogP contribution is -2.16. The lowest BCUT2D eigenvalue weighted by Gasteiger charge is -2.09. The van der Waals surface area contributed by atoms with Crippen LogP contribution in [0, 0.1) is 17.3 Å². The van der Waals surface area contributed by atoms with E-state index in [1.165, 1.54) is 24.8 Å². The smallest absolute Gasteiger partial charge is 0.229 e. The van der Waals surface area contributed by atoms with Crippen molar-refractivity contribution in [3.63, 3.8) is 0 Å². The highest BCUT2D eigenvalue weighted by Gasteiger charge is 2.63. The average Bonchev–Trinajstić information content (AvgIpc) is 3.67. The molecule has 0 radical (unpaired) electrons. The summed E-state index contributed by atoms with van der Waals surface area (Å²) in [6.07, 6.45) is 10.6. The van der Waals surface area contributed by atoms with Gasteiger partial charge >= 0.3 is 0 Å². The minimum Gasteiger partial charge on any atom is -0.310 e. The first-order valence-corrected chi connectivity index (χ1v) is 11.3. The summed E-state index contributed by atoms with van der Waals surface area (Å²) in [5.41, 5.74) is 2.97. The van der Waals surface area contributed by atoms with Gasteiger partial charge in [-0.05, 0) is 71.2 Å². The van der Waals surface area contributed by atoms with E-state index in [4.69, 9.17) is 11.6 Å². The van der Waals surface area contributed by atoms with E-state index in [2.05, 4.69) is 28.4 Å². The van der Waals surface area contributed by atoms with Gasteiger partial charge in [0.2, 0.25) is 5.91 Å². The summed E-state index contributed by atoms with van der Waals surface area (Å²) < 4.78 is 1.80. The van der Waals surface area contributed by atoms with Gasteiger partial charge in [-0.25, -0.2) is 4.98 Å². The van der Waals surface area contributed by atoms with Crippen LogP contribution in [0.5, 0.6) is 0 Å². The van der Waals surface area contributed by atoms with Crippen molar-refractivity contribution in [2.24, 2.45) is 24.3 Å². The topological polar surface area (TPSA) is 59.8 Å². The predicted octanol–water partition coefficient (Wildman–Crippen LogP) is 5.27. The van der Waals surface area contributed by atoms with Gasteiger partial charge < -0.3 is 5.32 Å². The zero-order chi connectivity index (χ0) is 20.6. The zero-order valence-electron chi connectivity index (χ0n) is 17.2. The summed E-state index contributed by atoms with van der Waals surface area (Å²) in [7, 11) is 1.91. The number of pyridine rings is 1. The van der Waals surface area contributed by atoms with Crippen LogP contribution in [0.2, 0.25) is 5.02 Å². The Hall–Kier alpha value is -2.40. The molecular weight excluding hydrogens is 396 g/mol. The van der Waals surface area contributed by atoms with Crippen molar-refractivity contribution in [3.05, 3.63) is 52.9 Å². The molecule has 0 unspecified atom stereocenters. The maximum atomic E-state index is 13.0. The molecule has 3 aliphatic carbocycles. The molecule has 2 aromatic heterocycles. The number of benzene rings is 1. The van der Waals surface area contributed by atoms with Crippen LogP contribution in [0.15, 0.2) is 36.8 Å². The fourth-order valence-corrected chi connectivity index (χ4v) is 5.84. The van der Waals surface area contributed by atoms with E-state index in [1.807, 2.05) is 37.8 Å². The van der Waals surface area contributed by atoms with Crippen molar-refractivity contribution >= 4 is 34.1 Å². The molecule has 3 aromatic rings. The van der Waals surface area contributed by atoms with Gasteiger partial charge in [0, 0.05) is 41.7 Å². The van der Waals surface area contributed by atoms with Crippen LogP contribution in [0.3, 0.4) is 0 Å². The van der Waals surface area contributed by atoms with Crippen LogP contribution in [0.25, 0.3) is 10.8 Å². The SMILES string of the molecule is CC[C@H]1[C@H](C(=O)Nc2cc3cc([C@@H]4CC45CC5)c(Cl)cc3cn2)[C@H]1c1cnn(C)c1. The Morgan fingerprint density at radius 3 is 2.77 bits per heavy atom. The standard InChI is InChI=1S/C24H25ClN4O/c1-3-16-21(15-11-27-29(2)12-15)22(16)23(30)28-20-8-13-6-17(18-9-24(18)4-5-24)19(25)7-14(13)10-26-20/h6-8,10-12,16,18,21-22H,3-5,9H2,1-2H3,(H,26,28,30)/t16-,18+,21+,22+/m1/s1. The first kappa shape index (κ1) is 18.4. The second-order valence-electron chi connectivity index (χ2n) is 9.47. The predicted molar refractivity (Wildman–Crippen MR) is 118 cm³/mol. The molecule has 5 nitrogen and oxygen atoms in total. The second-order valence-corrected chi connectivity index (χ2v) is 9.88. The molecule has 3 saturated carbocycles. The monoisotopic (exact) mass is 420 g/mol. The Balaban J connectivity index is 1.24. The molecule has 30 heavy (non-hydrogen) atoms. The largest absolute Gasteiger partial charge is 0.310 e. The number of fused-ring (bicyclic) bond motifs is 1. The summed E-state index contributed by atoms with van der Waals surface area (Å²) in [5.74, 6) is 1.88. The zero-order valence-corrected chi connectivity index (χ0v) is 18.0. The summed E-state index contributed by atoms with van der Waals surface area (Å²) in [5, 5.41) is 10.3. The minimum absolute atomic E-state index is 0.0151. The maximum Gasteiger partial charge on any atom is 0.229 e. The number of aryl methyl sites for hydroxylation is 1. The first-order chi connectivity index (χ1) is 14.5. The third-order valence-corrected chi connectivity index (χ3v) is 7.93. The molecule has 1 N–H and O–H groups in total. The molecular formula is C24H25ClN4O.